The maximum absolute atomic E-state index is 6.74. The molecule has 0 spiro atoms. The van der Waals surface area contributed by atoms with Gasteiger partial charge in [-0.25, -0.2) is 0 Å². The van der Waals surface area contributed by atoms with E-state index in [1.165, 1.54) is 40.1 Å². The van der Waals surface area contributed by atoms with E-state index in [0.29, 0.717) is 6.61 Å². The number of hydrogen-bond acceptors (Lipinski definition) is 2. The first kappa shape index (κ1) is 14.0. The highest BCUT2D eigenvalue weighted by atomic mass is 35.5. The van der Waals surface area contributed by atoms with Crippen LogP contribution < -0.4 is 4.74 Å². The lowest BCUT2D eigenvalue weighted by molar-refractivity contribution is 0.337. The lowest BCUT2D eigenvalue weighted by Crippen LogP contribution is -1.99. The van der Waals surface area contributed by atoms with Crippen LogP contribution in [0, 0.1) is 6.92 Å². The monoisotopic (exact) mass is 306 g/mol. The molecule has 3 heteroatoms. The Balaban J connectivity index is 1.96. The van der Waals surface area contributed by atoms with Gasteiger partial charge in [0.25, 0.3) is 0 Å². The standard InChI is InChI=1S/C17H19ClOS/c1-3-19-14-8-7-11(2)9-13(14)17(18)16-10-12-5-4-6-15(12)20-16/h7-10,17H,3-6H2,1-2H3. The van der Waals surface area contributed by atoms with Gasteiger partial charge in [-0.15, -0.1) is 22.9 Å². The minimum absolute atomic E-state index is 0.105. The second-order valence-corrected chi connectivity index (χ2v) is 6.89. The van der Waals surface area contributed by atoms with E-state index in [-0.39, 0.29) is 5.38 Å². The summed E-state index contributed by atoms with van der Waals surface area (Å²) in [6.45, 7) is 4.77. The summed E-state index contributed by atoms with van der Waals surface area (Å²) in [7, 11) is 0. The van der Waals surface area contributed by atoms with E-state index in [1.807, 2.05) is 24.3 Å². The smallest absolute Gasteiger partial charge is 0.124 e. The van der Waals surface area contributed by atoms with E-state index < -0.39 is 0 Å². The molecule has 1 atom stereocenters. The van der Waals surface area contributed by atoms with Gasteiger partial charge in [0.1, 0.15) is 5.75 Å². The Labute approximate surface area is 129 Å². The van der Waals surface area contributed by atoms with Crippen LogP contribution in [0.4, 0.5) is 0 Å². The topological polar surface area (TPSA) is 9.23 Å². The fourth-order valence-corrected chi connectivity index (χ4v) is 4.40. The minimum atomic E-state index is -0.105. The van der Waals surface area contributed by atoms with Crippen molar-refractivity contribution in [1.29, 1.82) is 0 Å². The van der Waals surface area contributed by atoms with E-state index in [1.54, 1.807) is 0 Å². The zero-order chi connectivity index (χ0) is 14.1. The number of ether oxygens (including phenoxy) is 1. The molecule has 1 aromatic heterocycles. The molecule has 20 heavy (non-hydrogen) atoms. The van der Waals surface area contributed by atoms with Gasteiger partial charge in [-0.2, -0.15) is 0 Å². The SMILES string of the molecule is CCOc1ccc(C)cc1C(Cl)c1cc2c(s1)CCC2. The molecule has 1 heterocycles. The van der Waals surface area contributed by atoms with E-state index in [0.717, 1.165) is 11.3 Å². The van der Waals surface area contributed by atoms with Gasteiger partial charge >= 0.3 is 0 Å². The summed E-state index contributed by atoms with van der Waals surface area (Å²) in [5.74, 6) is 0.909. The quantitative estimate of drug-likeness (QED) is 0.699. The van der Waals surface area contributed by atoms with Crippen molar-refractivity contribution in [2.24, 2.45) is 0 Å². The Kier molecular flexibility index (Phi) is 4.04. The number of hydrogen-bond donors (Lipinski definition) is 0. The van der Waals surface area contributed by atoms with Crippen molar-refractivity contribution in [3.8, 4) is 5.75 Å². The summed E-state index contributed by atoms with van der Waals surface area (Å²) in [5, 5.41) is -0.105. The van der Waals surface area contributed by atoms with Crippen LogP contribution in [0.1, 0.15) is 45.2 Å². The predicted octanol–water partition coefficient (Wildman–Crippen LogP) is 5.27. The van der Waals surface area contributed by atoms with Gasteiger partial charge in [0.2, 0.25) is 0 Å². The maximum Gasteiger partial charge on any atom is 0.124 e. The van der Waals surface area contributed by atoms with Gasteiger partial charge in [-0.05, 0) is 50.8 Å². The van der Waals surface area contributed by atoms with Crippen LogP contribution in [0.15, 0.2) is 24.3 Å². The van der Waals surface area contributed by atoms with Gasteiger partial charge in [-0.3, -0.25) is 0 Å². The summed E-state index contributed by atoms with van der Waals surface area (Å²) in [6, 6.07) is 8.55. The molecular weight excluding hydrogens is 288 g/mol. The molecule has 0 aliphatic heterocycles. The zero-order valence-corrected chi connectivity index (χ0v) is 13.5. The molecular formula is C17H19ClOS. The first-order chi connectivity index (χ1) is 9.69. The average Bonchev–Trinajstić information content (AvgIpc) is 3.01. The normalized spacial score (nSPS) is 15.2. The number of halogens is 1. The molecule has 0 fully saturated rings. The first-order valence-electron chi connectivity index (χ1n) is 7.18. The van der Waals surface area contributed by atoms with Gasteiger partial charge in [0.05, 0.1) is 12.0 Å². The largest absolute Gasteiger partial charge is 0.494 e. The molecule has 0 radical (unpaired) electrons. The number of alkyl halides is 1. The number of aryl methyl sites for hydroxylation is 3. The summed E-state index contributed by atoms with van der Waals surface area (Å²) < 4.78 is 5.73. The molecule has 1 unspecified atom stereocenters. The Morgan fingerprint density at radius 2 is 2.15 bits per heavy atom. The second kappa shape index (κ2) is 5.79. The highest BCUT2D eigenvalue weighted by molar-refractivity contribution is 7.12. The molecule has 1 aliphatic carbocycles. The van der Waals surface area contributed by atoms with Crippen molar-refractivity contribution in [3.05, 3.63) is 50.7 Å². The molecule has 2 aromatic rings. The van der Waals surface area contributed by atoms with E-state index in [9.17, 15) is 0 Å². The van der Waals surface area contributed by atoms with Crippen LogP contribution >= 0.6 is 22.9 Å². The molecule has 0 saturated heterocycles. The van der Waals surface area contributed by atoms with Crippen LogP contribution in [0.2, 0.25) is 0 Å². The minimum Gasteiger partial charge on any atom is -0.494 e. The predicted molar refractivity (Wildman–Crippen MR) is 86.4 cm³/mol. The highest BCUT2D eigenvalue weighted by Gasteiger charge is 2.22. The van der Waals surface area contributed by atoms with E-state index >= 15 is 0 Å². The van der Waals surface area contributed by atoms with Crippen molar-refractivity contribution in [3.63, 3.8) is 0 Å². The number of fused-ring (bicyclic) bond motifs is 1. The lowest BCUT2D eigenvalue weighted by Gasteiger charge is -2.15. The Morgan fingerprint density at radius 3 is 2.90 bits per heavy atom. The average molecular weight is 307 g/mol. The van der Waals surface area contributed by atoms with Crippen LogP contribution in [-0.2, 0) is 12.8 Å². The van der Waals surface area contributed by atoms with Crippen LogP contribution in [0.3, 0.4) is 0 Å². The Hall–Kier alpha value is -0.990. The molecule has 3 rings (SSSR count). The van der Waals surface area contributed by atoms with Crippen LogP contribution in [-0.4, -0.2) is 6.61 Å². The number of benzene rings is 1. The molecule has 0 saturated carbocycles. The third kappa shape index (κ3) is 2.59. The van der Waals surface area contributed by atoms with Crippen molar-refractivity contribution in [2.45, 2.75) is 38.5 Å². The molecule has 0 bridgehead atoms. The number of thiophene rings is 1. The third-order valence-corrected chi connectivity index (χ3v) is 5.66. The van der Waals surface area contributed by atoms with Crippen molar-refractivity contribution in [2.75, 3.05) is 6.61 Å². The van der Waals surface area contributed by atoms with Crippen molar-refractivity contribution in [1.82, 2.24) is 0 Å². The lowest BCUT2D eigenvalue weighted by atomic mass is 10.1. The van der Waals surface area contributed by atoms with Gasteiger partial charge in [-0.1, -0.05) is 17.7 Å². The first-order valence-corrected chi connectivity index (χ1v) is 8.43. The Bertz CT molecular complexity index is 596. The molecule has 106 valence electrons. The van der Waals surface area contributed by atoms with Crippen LogP contribution in [0.5, 0.6) is 5.75 Å². The fourth-order valence-electron chi connectivity index (χ4n) is 2.78. The van der Waals surface area contributed by atoms with Crippen LogP contribution in [0.25, 0.3) is 0 Å². The fraction of sp³-hybridized carbons (Fsp3) is 0.412. The van der Waals surface area contributed by atoms with Crippen molar-refractivity contribution >= 4 is 22.9 Å². The summed E-state index contributed by atoms with van der Waals surface area (Å²) in [6.07, 6.45) is 3.72. The summed E-state index contributed by atoms with van der Waals surface area (Å²) >= 11 is 8.61. The Morgan fingerprint density at radius 1 is 1.30 bits per heavy atom. The third-order valence-electron chi connectivity index (χ3n) is 3.75. The highest BCUT2D eigenvalue weighted by Crippen LogP contribution is 2.42. The molecule has 1 nitrogen and oxygen atoms in total. The second-order valence-electron chi connectivity index (χ2n) is 5.29. The van der Waals surface area contributed by atoms with E-state index in [4.69, 9.17) is 16.3 Å². The summed E-state index contributed by atoms with van der Waals surface area (Å²) in [4.78, 5) is 2.78. The summed E-state index contributed by atoms with van der Waals surface area (Å²) in [5.41, 5.74) is 3.81. The number of rotatable bonds is 4. The molecule has 0 amide bonds. The van der Waals surface area contributed by atoms with E-state index in [2.05, 4.69) is 25.1 Å². The van der Waals surface area contributed by atoms with Gasteiger partial charge in [0.15, 0.2) is 0 Å². The van der Waals surface area contributed by atoms with Gasteiger partial charge < -0.3 is 4.74 Å². The zero-order valence-electron chi connectivity index (χ0n) is 11.9. The van der Waals surface area contributed by atoms with Crippen molar-refractivity contribution < 1.29 is 4.74 Å². The molecule has 1 aliphatic rings. The molecule has 1 aromatic carbocycles. The maximum atomic E-state index is 6.74. The van der Waals surface area contributed by atoms with Gasteiger partial charge in [0, 0.05) is 15.3 Å². The molecule has 0 N–H and O–H groups in total.